The van der Waals surface area contributed by atoms with Crippen LogP contribution in [0.5, 0.6) is 0 Å². The largest absolute Gasteiger partial charge is 0.462 e. The summed E-state index contributed by atoms with van der Waals surface area (Å²) in [5.41, 5.74) is 5.50. The molecule has 1 aromatic rings. The van der Waals surface area contributed by atoms with Crippen LogP contribution in [0.4, 0.5) is 23.9 Å². The van der Waals surface area contributed by atoms with Crippen molar-refractivity contribution in [3.8, 4) is 6.07 Å². The van der Waals surface area contributed by atoms with E-state index in [1.54, 1.807) is 13.0 Å². The summed E-state index contributed by atoms with van der Waals surface area (Å²) in [6.45, 7) is 3.00. The Morgan fingerprint density at radius 2 is 2.19 bits per heavy atom. The third-order valence-corrected chi connectivity index (χ3v) is 3.48. The first-order valence-electron chi connectivity index (χ1n) is 6.02. The SMILES string of the molecule is CCOC(=O)c1c(NC(C)CC(F)(F)F)sc(C#N)c1N. The number of rotatable bonds is 5. The van der Waals surface area contributed by atoms with Crippen LogP contribution < -0.4 is 11.1 Å². The number of thiophene rings is 1. The maximum Gasteiger partial charge on any atom is 0.391 e. The molecule has 0 fully saturated rings. The van der Waals surface area contributed by atoms with E-state index in [0.29, 0.717) is 0 Å². The molecule has 0 aromatic carbocycles. The van der Waals surface area contributed by atoms with Crippen molar-refractivity contribution < 1.29 is 22.7 Å². The number of hydrogen-bond acceptors (Lipinski definition) is 6. The van der Waals surface area contributed by atoms with Crippen molar-refractivity contribution in [3.63, 3.8) is 0 Å². The Morgan fingerprint density at radius 1 is 1.57 bits per heavy atom. The summed E-state index contributed by atoms with van der Waals surface area (Å²) in [4.78, 5) is 11.9. The maximum absolute atomic E-state index is 12.3. The third kappa shape index (κ3) is 4.53. The number of nitrogens with one attached hydrogen (secondary N) is 1. The lowest BCUT2D eigenvalue weighted by Gasteiger charge is -2.16. The highest BCUT2D eigenvalue weighted by atomic mass is 32.1. The molecule has 1 unspecified atom stereocenters. The maximum atomic E-state index is 12.3. The zero-order chi connectivity index (χ0) is 16.2. The lowest BCUT2D eigenvalue weighted by atomic mass is 10.2. The molecule has 0 radical (unpaired) electrons. The molecule has 0 aliphatic heterocycles. The van der Waals surface area contributed by atoms with Crippen LogP contribution in [0.3, 0.4) is 0 Å². The fourth-order valence-corrected chi connectivity index (χ4v) is 2.67. The number of carbonyl (C=O) groups excluding carboxylic acids is 1. The predicted molar refractivity (Wildman–Crippen MR) is 73.2 cm³/mol. The third-order valence-electron chi connectivity index (χ3n) is 2.44. The molecule has 0 bridgehead atoms. The number of hydrogen-bond donors (Lipinski definition) is 2. The number of halogens is 3. The minimum absolute atomic E-state index is 0.0553. The van der Waals surface area contributed by atoms with Crippen LogP contribution in [0.1, 0.15) is 35.5 Å². The van der Waals surface area contributed by atoms with Gasteiger partial charge in [0.2, 0.25) is 0 Å². The summed E-state index contributed by atoms with van der Waals surface area (Å²) < 4.78 is 41.8. The van der Waals surface area contributed by atoms with Crippen molar-refractivity contribution in [3.05, 3.63) is 10.4 Å². The fourth-order valence-electron chi connectivity index (χ4n) is 1.66. The molecule has 1 aromatic heterocycles. The van der Waals surface area contributed by atoms with E-state index in [0.717, 1.165) is 11.3 Å². The summed E-state index contributed by atoms with van der Waals surface area (Å²) in [7, 11) is 0. The van der Waals surface area contributed by atoms with Crippen molar-refractivity contribution in [2.45, 2.75) is 32.5 Å². The Kier molecular flexibility index (Phi) is 5.43. The molecule has 0 aliphatic rings. The number of alkyl halides is 3. The monoisotopic (exact) mass is 321 g/mol. The molecule has 1 rings (SSSR count). The van der Waals surface area contributed by atoms with Crippen LogP contribution in [0, 0.1) is 11.3 Å². The number of nitrogen functional groups attached to an aromatic ring is 1. The van der Waals surface area contributed by atoms with Gasteiger partial charge in [0.05, 0.1) is 18.7 Å². The van der Waals surface area contributed by atoms with Gasteiger partial charge in [-0.3, -0.25) is 0 Å². The molecule has 3 N–H and O–H groups in total. The fraction of sp³-hybridized carbons (Fsp3) is 0.500. The molecule has 0 aliphatic carbocycles. The topological polar surface area (TPSA) is 88.1 Å². The highest BCUT2D eigenvalue weighted by Crippen LogP contribution is 2.37. The van der Waals surface area contributed by atoms with Crippen molar-refractivity contribution in [1.29, 1.82) is 5.26 Å². The first kappa shape index (κ1) is 17.1. The predicted octanol–water partition coefficient (Wildman–Crippen LogP) is 3.13. The molecule has 0 spiro atoms. The van der Waals surface area contributed by atoms with Gasteiger partial charge in [0.1, 0.15) is 21.5 Å². The average Bonchev–Trinajstić information content (AvgIpc) is 2.63. The highest BCUT2D eigenvalue weighted by Gasteiger charge is 2.31. The van der Waals surface area contributed by atoms with Crippen molar-refractivity contribution in [2.24, 2.45) is 0 Å². The van der Waals surface area contributed by atoms with Crippen molar-refractivity contribution in [2.75, 3.05) is 17.7 Å². The number of nitriles is 1. The molecule has 0 saturated heterocycles. The Balaban J connectivity index is 3.06. The second-order valence-electron chi connectivity index (χ2n) is 4.25. The van der Waals surface area contributed by atoms with Gasteiger partial charge in [-0.15, -0.1) is 11.3 Å². The summed E-state index contributed by atoms with van der Waals surface area (Å²) in [6.07, 6.45) is -5.41. The van der Waals surface area contributed by atoms with E-state index in [-0.39, 0.29) is 27.7 Å². The molecule has 5 nitrogen and oxygen atoms in total. The molecule has 21 heavy (non-hydrogen) atoms. The zero-order valence-electron chi connectivity index (χ0n) is 11.4. The van der Waals surface area contributed by atoms with E-state index in [4.69, 9.17) is 15.7 Å². The summed E-state index contributed by atoms with van der Waals surface area (Å²) >= 11 is 0.829. The van der Waals surface area contributed by atoms with Gasteiger partial charge in [-0.05, 0) is 13.8 Å². The number of ether oxygens (including phenoxy) is 1. The average molecular weight is 321 g/mol. The van der Waals surface area contributed by atoms with E-state index in [1.165, 1.54) is 6.92 Å². The number of nitrogens with zero attached hydrogens (tertiary/aromatic N) is 1. The molecule has 0 amide bonds. The van der Waals surface area contributed by atoms with Crippen LogP contribution in [0.25, 0.3) is 0 Å². The van der Waals surface area contributed by atoms with E-state index in [2.05, 4.69) is 5.32 Å². The van der Waals surface area contributed by atoms with Gasteiger partial charge in [0, 0.05) is 6.04 Å². The van der Waals surface area contributed by atoms with Crippen molar-refractivity contribution in [1.82, 2.24) is 0 Å². The molecule has 0 saturated carbocycles. The number of esters is 1. The Morgan fingerprint density at radius 3 is 2.67 bits per heavy atom. The van der Waals surface area contributed by atoms with E-state index < -0.39 is 24.6 Å². The second-order valence-corrected chi connectivity index (χ2v) is 5.27. The van der Waals surface area contributed by atoms with Gasteiger partial charge in [0.25, 0.3) is 0 Å². The molecule has 1 atom stereocenters. The van der Waals surface area contributed by atoms with E-state index in [9.17, 15) is 18.0 Å². The first-order valence-corrected chi connectivity index (χ1v) is 6.84. The van der Waals surface area contributed by atoms with Crippen LogP contribution in [-0.2, 0) is 4.74 Å². The molecule has 9 heteroatoms. The Labute approximate surface area is 123 Å². The molecule has 116 valence electrons. The molecular formula is C12H14F3N3O2S. The van der Waals surface area contributed by atoms with Gasteiger partial charge in [-0.25, -0.2) is 4.79 Å². The van der Waals surface area contributed by atoms with E-state index >= 15 is 0 Å². The van der Waals surface area contributed by atoms with Gasteiger partial charge >= 0.3 is 12.1 Å². The number of anilines is 2. The molecular weight excluding hydrogens is 307 g/mol. The normalized spacial score (nSPS) is 12.6. The Hall–Kier alpha value is -1.95. The molecule has 1 heterocycles. The minimum Gasteiger partial charge on any atom is -0.462 e. The number of nitrogens with two attached hydrogens (primary N) is 1. The second kappa shape index (κ2) is 6.67. The summed E-state index contributed by atoms with van der Waals surface area (Å²) in [5, 5.41) is 11.6. The lowest BCUT2D eigenvalue weighted by molar-refractivity contribution is -0.136. The Bertz CT molecular complexity index is 563. The standard InChI is InChI=1S/C12H14F3N3O2S/c1-3-20-11(19)8-9(17)7(5-16)21-10(8)18-6(2)4-12(13,14)15/h6,18H,3-4,17H2,1-2H3. The smallest absolute Gasteiger partial charge is 0.391 e. The van der Waals surface area contributed by atoms with Gasteiger partial charge in [-0.2, -0.15) is 18.4 Å². The first-order chi connectivity index (χ1) is 9.69. The summed E-state index contributed by atoms with van der Waals surface area (Å²) in [6, 6.07) is 0.828. The van der Waals surface area contributed by atoms with Gasteiger partial charge in [-0.1, -0.05) is 0 Å². The van der Waals surface area contributed by atoms with Crippen LogP contribution >= 0.6 is 11.3 Å². The van der Waals surface area contributed by atoms with Gasteiger partial charge in [0.15, 0.2) is 0 Å². The number of carbonyl (C=O) groups is 1. The van der Waals surface area contributed by atoms with E-state index in [1.807, 2.05) is 0 Å². The van der Waals surface area contributed by atoms with Gasteiger partial charge < -0.3 is 15.8 Å². The lowest BCUT2D eigenvalue weighted by Crippen LogP contribution is -2.24. The minimum atomic E-state index is -4.34. The quantitative estimate of drug-likeness (QED) is 0.813. The van der Waals surface area contributed by atoms with Crippen molar-refractivity contribution >= 4 is 28.0 Å². The van der Waals surface area contributed by atoms with Crippen LogP contribution in [0.2, 0.25) is 0 Å². The van der Waals surface area contributed by atoms with Crippen LogP contribution in [-0.4, -0.2) is 24.8 Å². The zero-order valence-corrected chi connectivity index (χ0v) is 12.2. The highest BCUT2D eigenvalue weighted by molar-refractivity contribution is 7.17. The van der Waals surface area contributed by atoms with Crippen LogP contribution in [0.15, 0.2) is 0 Å². The summed E-state index contributed by atoms with van der Waals surface area (Å²) in [5.74, 6) is -0.769.